The van der Waals surface area contributed by atoms with E-state index in [0.717, 1.165) is 0 Å². The van der Waals surface area contributed by atoms with Crippen molar-refractivity contribution in [1.29, 1.82) is 0 Å². The first-order valence-corrected chi connectivity index (χ1v) is 6.27. The number of rotatable bonds is 11. The third kappa shape index (κ3) is 3.71. The summed E-state index contributed by atoms with van der Waals surface area (Å²) < 4.78 is 9.87. The minimum Gasteiger partial charge on any atom is -0.481 e. The Morgan fingerprint density at radius 3 is 1.14 bits per heavy atom. The van der Waals surface area contributed by atoms with Crippen LogP contribution in [0, 0.1) is 0 Å². The number of carbonyl (C=O) groups is 4. The summed E-state index contributed by atoms with van der Waals surface area (Å²) in [5.41, 5.74) is -5.79. The third-order valence-electron chi connectivity index (χ3n) is 2.93. The fourth-order valence-electron chi connectivity index (χ4n) is 2.16. The van der Waals surface area contributed by atoms with Gasteiger partial charge in [-0.1, -0.05) is 0 Å². The summed E-state index contributed by atoms with van der Waals surface area (Å²) >= 11 is 0. The van der Waals surface area contributed by atoms with Gasteiger partial charge >= 0.3 is 23.9 Å². The van der Waals surface area contributed by atoms with E-state index >= 15 is 0 Å². The molecule has 0 aliphatic heterocycles. The largest absolute Gasteiger partial charge is 0.481 e. The minimum atomic E-state index is -2.90. The van der Waals surface area contributed by atoms with Crippen LogP contribution in [-0.4, -0.2) is 68.7 Å². The molecule has 10 heteroatoms. The second-order valence-electron chi connectivity index (χ2n) is 4.27. The molecule has 22 heavy (non-hydrogen) atoms. The van der Waals surface area contributed by atoms with Crippen LogP contribution < -0.4 is 0 Å². The molecule has 0 aromatic rings. The number of hydrogen-bond acceptors (Lipinski definition) is 6. The Bertz CT molecular complexity index is 417. The van der Waals surface area contributed by atoms with Gasteiger partial charge in [0.15, 0.2) is 0 Å². The second-order valence-corrected chi connectivity index (χ2v) is 4.27. The fraction of sp³-hybridized carbons (Fsp3) is 0.667. The fourth-order valence-corrected chi connectivity index (χ4v) is 2.16. The van der Waals surface area contributed by atoms with E-state index in [2.05, 4.69) is 0 Å². The summed E-state index contributed by atoms with van der Waals surface area (Å²) in [7, 11) is 0. The van der Waals surface area contributed by atoms with Crippen molar-refractivity contribution in [3.8, 4) is 0 Å². The SMILES string of the molecule is CCOC(CC(=O)O)(C(=O)O)C(CC(=O)O)(OCC)C(=O)O. The topological polar surface area (TPSA) is 168 Å². The first-order chi connectivity index (χ1) is 10.1. The van der Waals surface area contributed by atoms with Gasteiger partial charge in [-0.3, -0.25) is 9.59 Å². The molecule has 4 N–H and O–H groups in total. The van der Waals surface area contributed by atoms with E-state index in [1.54, 1.807) is 0 Å². The predicted octanol–water partition coefficient (Wildman–Crippen LogP) is -0.344. The van der Waals surface area contributed by atoms with Crippen molar-refractivity contribution in [2.75, 3.05) is 13.2 Å². The number of ether oxygens (including phenoxy) is 2. The van der Waals surface area contributed by atoms with Crippen molar-refractivity contribution >= 4 is 23.9 Å². The Hall–Kier alpha value is -2.20. The van der Waals surface area contributed by atoms with Crippen molar-refractivity contribution in [1.82, 2.24) is 0 Å². The highest BCUT2D eigenvalue weighted by molar-refractivity contribution is 5.96. The average molecular weight is 322 g/mol. The summed E-state index contributed by atoms with van der Waals surface area (Å²) in [6.45, 7) is 1.92. The Morgan fingerprint density at radius 1 is 0.727 bits per heavy atom. The molecule has 10 nitrogen and oxygen atoms in total. The lowest BCUT2D eigenvalue weighted by molar-refractivity contribution is -0.234. The molecule has 0 amide bonds. The standard InChI is InChI=1S/C12H18O10/c1-3-21-11(9(17)18,5-7(13)14)12(10(19)20,22-4-2)6-8(15)16/h3-6H2,1-2H3,(H,13,14)(H,15,16)(H,17,18)(H,19,20). The maximum absolute atomic E-state index is 11.6. The van der Waals surface area contributed by atoms with Crippen LogP contribution in [0.3, 0.4) is 0 Å². The Balaban J connectivity index is 6.44. The van der Waals surface area contributed by atoms with Gasteiger partial charge in [0.05, 0.1) is 12.8 Å². The molecule has 0 saturated carbocycles. The van der Waals surface area contributed by atoms with Gasteiger partial charge in [-0.2, -0.15) is 0 Å². The first kappa shape index (κ1) is 19.8. The summed E-state index contributed by atoms with van der Waals surface area (Å²) in [5, 5.41) is 36.7. The molecule has 0 spiro atoms. The zero-order valence-electron chi connectivity index (χ0n) is 12.1. The van der Waals surface area contributed by atoms with Crippen molar-refractivity contribution < 1.29 is 49.1 Å². The molecule has 0 bridgehead atoms. The van der Waals surface area contributed by atoms with Crippen LogP contribution in [0.25, 0.3) is 0 Å². The lowest BCUT2D eigenvalue weighted by Gasteiger charge is -2.42. The molecule has 0 aromatic carbocycles. The molecule has 0 radical (unpaired) electrons. The summed E-state index contributed by atoms with van der Waals surface area (Å²) in [5.74, 6) is -7.22. The highest BCUT2D eigenvalue weighted by Crippen LogP contribution is 2.37. The molecule has 2 atom stereocenters. The van der Waals surface area contributed by atoms with Gasteiger partial charge < -0.3 is 29.9 Å². The third-order valence-corrected chi connectivity index (χ3v) is 2.93. The normalized spacial score (nSPS) is 16.3. The highest BCUT2D eigenvalue weighted by Gasteiger charge is 2.66. The highest BCUT2D eigenvalue weighted by atomic mass is 16.6. The molecule has 0 aliphatic carbocycles. The van der Waals surface area contributed by atoms with Gasteiger partial charge in [-0.15, -0.1) is 0 Å². The Morgan fingerprint density at radius 2 is 1.00 bits per heavy atom. The lowest BCUT2D eigenvalue weighted by atomic mass is 9.77. The molecule has 2 unspecified atom stereocenters. The number of aliphatic carboxylic acids is 4. The minimum absolute atomic E-state index is 0.360. The zero-order chi connectivity index (χ0) is 17.6. The molecule has 0 aliphatic rings. The quantitative estimate of drug-likeness (QED) is 0.394. The van der Waals surface area contributed by atoms with E-state index in [1.165, 1.54) is 13.8 Å². The molecular weight excluding hydrogens is 304 g/mol. The van der Waals surface area contributed by atoms with Crippen LogP contribution >= 0.6 is 0 Å². The number of carboxylic acid groups (broad SMARTS) is 4. The molecule has 126 valence electrons. The average Bonchev–Trinajstić information content (AvgIpc) is 2.35. The lowest BCUT2D eigenvalue weighted by Crippen LogP contribution is -2.68. The van der Waals surface area contributed by atoms with Gasteiger partial charge in [0.1, 0.15) is 0 Å². The molecule has 0 saturated heterocycles. The first-order valence-electron chi connectivity index (χ1n) is 6.27. The Labute approximate surface area is 125 Å². The second kappa shape index (κ2) is 7.71. The maximum Gasteiger partial charge on any atom is 0.340 e. The predicted molar refractivity (Wildman–Crippen MR) is 68.5 cm³/mol. The number of hydrogen-bond donors (Lipinski definition) is 4. The van der Waals surface area contributed by atoms with E-state index in [0.29, 0.717) is 0 Å². The van der Waals surface area contributed by atoms with Gasteiger partial charge in [-0.05, 0) is 13.8 Å². The maximum atomic E-state index is 11.6. The van der Waals surface area contributed by atoms with Gasteiger partial charge in [0.2, 0.25) is 11.2 Å². The van der Waals surface area contributed by atoms with Crippen molar-refractivity contribution in [3.05, 3.63) is 0 Å². The molecule has 0 heterocycles. The van der Waals surface area contributed by atoms with Crippen molar-refractivity contribution in [2.24, 2.45) is 0 Å². The van der Waals surface area contributed by atoms with Crippen LogP contribution in [0.15, 0.2) is 0 Å². The van der Waals surface area contributed by atoms with Crippen molar-refractivity contribution in [2.45, 2.75) is 37.9 Å². The van der Waals surface area contributed by atoms with Gasteiger partial charge in [0.25, 0.3) is 0 Å². The monoisotopic (exact) mass is 322 g/mol. The van der Waals surface area contributed by atoms with E-state index in [4.69, 9.17) is 19.7 Å². The summed E-state index contributed by atoms with van der Waals surface area (Å²) in [4.78, 5) is 45.3. The molecule has 0 aromatic heterocycles. The van der Waals surface area contributed by atoms with Gasteiger partial charge in [0, 0.05) is 13.2 Å². The van der Waals surface area contributed by atoms with E-state index in [-0.39, 0.29) is 13.2 Å². The Kier molecular flexibility index (Phi) is 6.94. The molecular formula is C12H18O10. The van der Waals surface area contributed by atoms with Gasteiger partial charge in [-0.25, -0.2) is 9.59 Å². The van der Waals surface area contributed by atoms with E-state index in [1.807, 2.05) is 0 Å². The smallest absolute Gasteiger partial charge is 0.340 e. The van der Waals surface area contributed by atoms with Crippen LogP contribution in [0.1, 0.15) is 26.7 Å². The van der Waals surface area contributed by atoms with Crippen LogP contribution in [0.2, 0.25) is 0 Å². The van der Waals surface area contributed by atoms with Crippen LogP contribution in [-0.2, 0) is 28.7 Å². The van der Waals surface area contributed by atoms with Crippen molar-refractivity contribution in [3.63, 3.8) is 0 Å². The van der Waals surface area contributed by atoms with Crippen LogP contribution in [0.5, 0.6) is 0 Å². The molecule has 0 fully saturated rings. The van der Waals surface area contributed by atoms with Crippen LogP contribution in [0.4, 0.5) is 0 Å². The van der Waals surface area contributed by atoms with E-state index < -0.39 is 47.9 Å². The van der Waals surface area contributed by atoms with E-state index in [9.17, 15) is 29.4 Å². The molecule has 0 rings (SSSR count). The zero-order valence-corrected chi connectivity index (χ0v) is 12.1. The number of carboxylic acids is 4. The summed E-state index contributed by atoms with van der Waals surface area (Å²) in [6.07, 6.45) is -2.56. The summed E-state index contributed by atoms with van der Waals surface area (Å²) in [6, 6.07) is 0.